The molecule has 5 nitrogen and oxygen atoms in total. The average molecular weight is 486 g/mol. The van der Waals surface area contributed by atoms with Gasteiger partial charge in [0.25, 0.3) is 0 Å². The summed E-state index contributed by atoms with van der Waals surface area (Å²) in [4.78, 5) is 30.7. The average Bonchev–Trinajstić information content (AvgIpc) is 3.19. The molecule has 0 bridgehead atoms. The van der Waals surface area contributed by atoms with Crippen LogP contribution in [0.1, 0.15) is 36.8 Å². The Labute approximate surface area is 205 Å². The number of amides is 2. The molecule has 7 heteroatoms. The molecule has 2 aromatic carbocycles. The summed E-state index contributed by atoms with van der Waals surface area (Å²) in [5.41, 5.74) is 2.09. The SMILES string of the molecule is CSc1ccc(CC2(CCC(=O)N3CCN(Cc4cccc(Cl)c4)CC3)CCC(=O)N2)cc1. The Hall–Kier alpha value is -2.02. The lowest BCUT2D eigenvalue weighted by Gasteiger charge is -2.36. The van der Waals surface area contributed by atoms with E-state index in [1.807, 2.05) is 23.1 Å². The van der Waals surface area contributed by atoms with Gasteiger partial charge in [0.05, 0.1) is 0 Å². The fourth-order valence-corrected chi connectivity index (χ4v) is 5.49. The molecule has 2 fully saturated rings. The minimum atomic E-state index is -0.317. The molecule has 2 amide bonds. The zero-order valence-corrected chi connectivity index (χ0v) is 20.8. The van der Waals surface area contributed by atoms with Gasteiger partial charge in [-0.15, -0.1) is 11.8 Å². The van der Waals surface area contributed by atoms with Crippen LogP contribution in [0.25, 0.3) is 0 Å². The molecular weight excluding hydrogens is 454 g/mol. The number of benzene rings is 2. The van der Waals surface area contributed by atoms with Crippen LogP contribution in [0.2, 0.25) is 5.02 Å². The lowest BCUT2D eigenvalue weighted by Crippen LogP contribution is -2.49. The standard InChI is InChI=1S/C26H32ClN3O2S/c1-33-23-7-5-20(6-8-23)18-26(11-9-24(31)28-26)12-10-25(32)30-15-13-29(14-16-30)19-21-3-2-4-22(27)17-21/h2-8,17H,9-16,18-19H2,1H3,(H,28,31). The van der Waals surface area contributed by atoms with E-state index in [-0.39, 0.29) is 17.4 Å². The summed E-state index contributed by atoms with van der Waals surface area (Å²) in [5.74, 6) is 0.286. The zero-order chi connectivity index (χ0) is 23.3. The number of halogens is 1. The minimum absolute atomic E-state index is 0.0952. The molecule has 176 valence electrons. The third-order valence-electron chi connectivity index (χ3n) is 6.77. The molecule has 0 aliphatic carbocycles. The Morgan fingerprint density at radius 2 is 1.85 bits per heavy atom. The van der Waals surface area contributed by atoms with Crippen molar-refractivity contribution in [3.63, 3.8) is 0 Å². The smallest absolute Gasteiger partial charge is 0.222 e. The van der Waals surface area contributed by atoms with Crippen LogP contribution in [-0.2, 0) is 22.6 Å². The Bertz CT molecular complexity index is 976. The minimum Gasteiger partial charge on any atom is -0.350 e. The Kier molecular flexibility index (Phi) is 7.99. The van der Waals surface area contributed by atoms with Gasteiger partial charge in [-0.25, -0.2) is 0 Å². The van der Waals surface area contributed by atoms with Crippen molar-refractivity contribution < 1.29 is 9.59 Å². The lowest BCUT2D eigenvalue weighted by atomic mass is 9.85. The third-order valence-corrected chi connectivity index (χ3v) is 7.75. The molecule has 4 rings (SSSR count). The first kappa shape index (κ1) is 24.1. The normalized spacial score (nSPS) is 21.3. The van der Waals surface area contributed by atoms with Gasteiger partial charge in [-0.1, -0.05) is 35.9 Å². The number of carbonyl (C=O) groups excluding carboxylic acids is 2. The van der Waals surface area contributed by atoms with Gasteiger partial charge in [0, 0.05) is 61.0 Å². The number of nitrogens with one attached hydrogen (secondary N) is 1. The van der Waals surface area contributed by atoms with Crippen LogP contribution >= 0.6 is 23.4 Å². The molecule has 2 saturated heterocycles. The van der Waals surface area contributed by atoms with Gasteiger partial charge >= 0.3 is 0 Å². The predicted octanol–water partition coefficient (Wildman–Crippen LogP) is 4.38. The van der Waals surface area contributed by atoms with Gasteiger partial charge in [-0.05, 0) is 60.9 Å². The van der Waals surface area contributed by atoms with E-state index < -0.39 is 0 Å². The van der Waals surface area contributed by atoms with Crippen LogP contribution in [-0.4, -0.2) is 59.6 Å². The van der Waals surface area contributed by atoms with Crippen molar-refractivity contribution in [3.05, 3.63) is 64.7 Å². The summed E-state index contributed by atoms with van der Waals surface area (Å²) in [7, 11) is 0. The fraction of sp³-hybridized carbons (Fsp3) is 0.462. The largest absolute Gasteiger partial charge is 0.350 e. The molecule has 33 heavy (non-hydrogen) atoms. The van der Waals surface area contributed by atoms with Gasteiger partial charge in [0.2, 0.25) is 11.8 Å². The van der Waals surface area contributed by atoms with E-state index in [0.717, 1.165) is 50.6 Å². The van der Waals surface area contributed by atoms with Crippen LogP contribution < -0.4 is 5.32 Å². The maximum absolute atomic E-state index is 13.0. The maximum atomic E-state index is 13.0. The first-order chi connectivity index (χ1) is 15.9. The zero-order valence-electron chi connectivity index (χ0n) is 19.2. The van der Waals surface area contributed by atoms with E-state index in [4.69, 9.17) is 11.6 Å². The summed E-state index contributed by atoms with van der Waals surface area (Å²) in [6.07, 6.45) is 5.32. The van der Waals surface area contributed by atoms with E-state index in [1.165, 1.54) is 16.0 Å². The number of rotatable bonds is 8. The number of piperazine rings is 1. The molecular formula is C26H32ClN3O2S. The number of hydrogen-bond acceptors (Lipinski definition) is 4. The first-order valence-corrected chi connectivity index (χ1v) is 13.2. The van der Waals surface area contributed by atoms with Crippen LogP contribution in [0, 0.1) is 0 Å². The monoisotopic (exact) mass is 485 g/mol. The first-order valence-electron chi connectivity index (χ1n) is 11.6. The molecule has 2 aliphatic rings. The van der Waals surface area contributed by atoms with Gasteiger partial charge in [0.1, 0.15) is 0 Å². The van der Waals surface area contributed by atoms with Gasteiger partial charge in [-0.2, -0.15) is 0 Å². The highest BCUT2D eigenvalue weighted by molar-refractivity contribution is 7.98. The van der Waals surface area contributed by atoms with Crippen molar-refractivity contribution in [1.82, 2.24) is 15.1 Å². The Balaban J connectivity index is 1.29. The number of nitrogens with zero attached hydrogens (tertiary/aromatic N) is 2. The lowest BCUT2D eigenvalue weighted by molar-refractivity contribution is -0.133. The maximum Gasteiger partial charge on any atom is 0.222 e. The number of thioether (sulfide) groups is 1. The van der Waals surface area contributed by atoms with Crippen molar-refractivity contribution in [2.75, 3.05) is 32.4 Å². The van der Waals surface area contributed by atoms with Crippen LogP contribution in [0.5, 0.6) is 0 Å². The molecule has 1 unspecified atom stereocenters. The van der Waals surface area contributed by atoms with Crippen LogP contribution in [0.15, 0.2) is 53.4 Å². The molecule has 1 N–H and O–H groups in total. The van der Waals surface area contributed by atoms with Crippen molar-refractivity contribution in [2.24, 2.45) is 0 Å². The van der Waals surface area contributed by atoms with Crippen molar-refractivity contribution in [1.29, 1.82) is 0 Å². The fourth-order valence-electron chi connectivity index (χ4n) is 4.87. The molecule has 2 heterocycles. The highest BCUT2D eigenvalue weighted by Crippen LogP contribution is 2.30. The Morgan fingerprint density at radius 3 is 2.48 bits per heavy atom. The summed E-state index contributed by atoms with van der Waals surface area (Å²) >= 11 is 7.82. The van der Waals surface area contributed by atoms with Gasteiger partial charge in [-0.3, -0.25) is 14.5 Å². The highest BCUT2D eigenvalue weighted by Gasteiger charge is 2.38. The van der Waals surface area contributed by atoms with Crippen molar-refractivity contribution in [3.8, 4) is 0 Å². The van der Waals surface area contributed by atoms with E-state index >= 15 is 0 Å². The summed E-state index contributed by atoms with van der Waals surface area (Å²) in [6, 6.07) is 16.5. The van der Waals surface area contributed by atoms with Crippen LogP contribution in [0.3, 0.4) is 0 Å². The summed E-state index contributed by atoms with van der Waals surface area (Å²) in [5, 5.41) is 3.97. The predicted molar refractivity (Wildman–Crippen MR) is 135 cm³/mol. The topological polar surface area (TPSA) is 52.7 Å². The molecule has 0 radical (unpaired) electrons. The van der Waals surface area contributed by atoms with E-state index in [9.17, 15) is 9.59 Å². The summed E-state index contributed by atoms with van der Waals surface area (Å²) in [6.45, 7) is 4.07. The molecule has 0 saturated carbocycles. The molecule has 0 spiro atoms. The molecule has 0 aromatic heterocycles. The Morgan fingerprint density at radius 1 is 1.09 bits per heavy atom. The second-order valence-corrected chi connectivity index (χ2v) is 10.5. The summed E-state index contributed by atoms with van der Waals surface area (Å²) < 4.78 is 0. The number of hydrogen-bond donors (Lipinski definition) is 1. The van der Waals surface area contributed by atoms with E-state index in [1.54, 1.807) is 11.8 Å². The highest BCUT2D eigenvalue weighted by atomic mass is 35.5. The molecule has 1 atom stereocenters. The number of carbonyl (C=O) groups is 2. The second kappa shape index (κ2) is 10.9. The van der Waals surface area contributed by atoms with Gasteiger partial charge in [0.15, 0.2) is 0 Å². The van der Waals surface area contributed by atoms with E-state index in [0.29, 0.717) is 19.3 Å². The van der Waals surface area contributed by atoms with Crippen molar-refractivity contribution in [2.45, 2.75) is 49.1 Å². The molecule has 2 aliphatic heterocycles. The molecule has 2 aromatic rings. The van der Waals surface area contributed by atoms with Crippen molar-refractivity contribution >= 4 is 35.2 Å². The van der Waals surface area contributed by atoms with Gasteiger partial charge < -0.3 is 10.2 Å². The second-order valence-electron chi connectivity index (χ2n) is 9.14. The van der Waals surface area contributed by atoms with Crippen LogP contribution in [0.4, 0.5) is 0 Å². The quantitative estimate of drug-likeness (QED) is 0.564. The van der Waals surface area contributed by atoms with E-state index in [2.05, 4.69) is 46.8 Å². The third kappa shape index (κ3) is 6.52.